The number of carboxylic acid groups (broad SMARTS) is 1. The number of carbonyl (C=O) groups is 1. The molecule has 0 aliphatic heterocycles. The van der Waals surface area contributed by atoms with E-state index >= 15 is 0 Å². The number of aromatic nitrogens is 2. The van der Waals surface area contributed by atoms with Crippen molar-refractivity contribution >= 4 is 11.7 Å². The summed E-state index contributed by atoms with van der Waals surface area (Å²) < 4.78 is 1.47. The molecule has 0 amide bonds. The molecule has 0 aromatic carbocycles. The molecule has 92 valence electrons. The molecule has 0 fully saturated rings. The summed E-state index contributed by atoms with van der Waals surface area (Å²) in [6.45, 7) is 0. The lowest BCUT2D eigenvalue weighted by molar-refractivity contribution is -0.135. The summed E-state index contributed by atoms with van der Waals surface area (Å²) >= 11 is 0. The molecule has 1 aromatic heterocycles. The monoisotopic (exact) mass is 241 g/mol. The Hall–Kier alpha value is -2.38. The topological polar surface area (TPSA) is 125 Å². The molecule has 8 nitrogen and oxygen atoms in total. The standard InChI is InChI=1S/C9H11N3O5/c1-11-7(15)6(4(10)3-5(13)14)8(16)12(2)9(11)17/h10,15H,3H2,1-2H3,(H,13,14). The Labute approximate surface area is 94.9 Å². The van der Waals surface area contributed by atoms with E-state index in [4.69, 9.17) is 10.5 Å². The molecule has 3 N–H and O–H groups in total. The van der Waals surface area contributed by atoms with Crippen molar-refractivity contribution in [1.82, 2.24) is 9.13 Å². The van der Waals surface area contributed by atoms with Gasteiger partial charge in [0.1, 0.15) is 5.56 Å². The molecule has 0 bridgehead atoms. The van der Waals surface area contributed by atoms with Crippen LogP contribution in [0, 0.1) is 5.41 Å². The number of aliphatic carboxylic acids is 1. The van der Waals surface area contributed by atoms with Crippen molar-refractivity contribution < 1.29 is 15.0 Å². The van der Waals surface area contributed by atoms with Crippen LogP contribution >= 0.6 is 0 Å². The van der Waals surface area contributed by atoms with Crippen LogP contribution in [0.1, 0.15) is 12.0 Å². The first-order valence-electron chi connectivity index (χ1n) is 4.56. The molecule has 1 rings (SSSR count). The SMILES string of the molecule is Cn1c(O)c(C(=N)CC(=O)O)c(=O)n(C)c1=O. The van der Waals surface area contributed by atoms with Crippen molar-refractivity contribution in [2.45, 2.75) is 6.42 Å². The molecule has 0 atom stereocenters. The third-order valence-corrected chi connectivity index (χ3v) is 2.26. The number of rotatable bonds is 3. The first-order chi connectivity index (χ1) is 7.77. The van der Waals surface area contributed by atoms with Crippen LogP contribution in [0.4, 0.5) is 0 Å². The van der Waals surface area contributed by atoms with Crippen LogP contribution < -0.4 is 11.2 Å². The van der Waals surface area contributed by atoms with Gasteiger partial charge in [-0.05, 0) is 0 Å². The molecule has 8 heteroatoms. The van der Waals surface area contributed by atoms with Gasteiger partial charge in [0.15, 0.2) is 0 Å². The van der Waals surface area contributed by atoms with E-state index in [0.29, 0.717) is 4.57 Å². The lowest BCUT2D eigenvalue weighted by atomic mass is 10.1. The zero-order chi connectivity index (χ0) is 13.3. The van der Waals surface area contributed by atoms with Crippen molar-refractivity contribution in [3.63, 3.8) is 0 Å². The second kappa shape index (κ2) is 4.24. The van der Waals surface area contributed by atoms with E-state index < -0.39 is 40.8 Å². The number of nitrogens with one attached hydrogen (secondary N) is 1. The molecule has 0 spiro atoms. The summed E-state index contributed by atoms with van der Waals surface area (Å²) in [7, 11) is 2.40. The Morgan fingerprint density at radius 2 is 1.82 bits per heavy atom. The minimum atomic E-state index is -1.30. The van der Waals surface area contributed by atoms with Crippen LogP contribution in [-0.4, -0.2) is 31.0 Å². The first kappa shape index (κ1) is 12.7. The van der Waals surface area contributed by atoms with Gasteiger partial charge in [-0.2, -0.15) is 0 Å². The van der Waals surface area contributed by atoms with E-state index in [-0.39, 0.29) is 0 Å². The van der Waals surface area contributed by atoms with E-state index in [9.17, 15) is 19.5 Å². The fourth-order valence-electron chi connectivity index (χ4n) is 1.34. The Balaban J connectivity index is 3.56. The average Bonchev–Trinajstić information content (AvgIpc) is 2.23. The molecular formula is C9H11N3O5. The second-order valence-electron chi connectivity index (χ2n) is 3.45. The van der Waals surface area contributed by atoms with Gasteiger partial charge >= 0.3 is 11.7 Å². The van der Waals surface area contributed by atoms with E-state index in [2.05, 4.69) is 0 Å². The molecule has 0 saturated carbocycles. The highest BCUT2D eigenvalue weighted by molar-refractivity contribution is 6.08. The largest absolute Gasteiger partial charge is 0.494 e. The van der Waals surface area contributed by atoms with E-state index in [0.717, 1.165) is 4.57 Å². The number of carboxylic acids is 1. The fourth-order valence-corrected chi connectivity index (χ4v) is 1.34. The third kappa shape index (κ3) is 2.10. The van der Waals surface area contributed by atoms with Crippen molar-refractivity contribution in [3.05, 3.63) is 26.4 Å². The second-order valence-corrected chi connectivity index (χ2v) is 3.45. The number of hydrogen-bond acceptors (Lipinski definition) is 5. The minimum absolute atomic E-state index is 0.475. The molecule has 0 aliphatic rings. The van der Waals surface area contributed by atoms with E-state index in [1.54, 1.807) is 0 Å². The van der Waals surface area contributed by atoms with Gasteiger partial charge in [-0.1, -0.05) is 0 Å². The van der Waals surface area contributed by atoms with Crippen LogP contribution in [0.15, 0.2) is 9.59 Å². The van der Waals surface area contributed by atoms with Gasteiger partial charge in [0.2, 0.25) is 5.88 Å². The Kier molecular flexibility index (Phi) is 3.16. The quantitative estimate of drug-likeness (QED) is 0.563. The van der Waals surface area contributed by atoms with E-state index in [1.165, 1.54) is 14.1 Å². The van der Waals surface area contributed by atoms with Crippen molar-refractivity contribution in [2.24, 2.45) is 14.1 Å². The summed E-state index contributed by atoms with van der Waals surface area (Å²) in [6.07, 6.45) is -0.707. The van der Waals surface area contributed by atoms with Gasteiger partial charge < -0.3 is 15.6 Å². The maximum absolute atomic E-state index is 11.6. The van der Waals surface area contributed by atoms with Crippen molar-refractivity contribution in [3.8, 4) is 5.88 Å². The average molecular weight is 241 g/mol. The molecule has 0 saturated heterocycles. The zero-order valence-corrected chi connectivity index (χ0v) is 9.22. The maximum Gasteiger partial charge on any atom is 0.333 e. The highest BCUT2D eigenvalue weighted by atomic mass is 16.4. The summed E-state index contributed by atoms with van der Waals surface area (Å²) in [6, 6.07) is 0. The van der Waals surface area contributed by atoms with Crippen LogP contribution in [0.5, 0.6) is 5.88 Å². The number of nitrogens with zero attached hydrogens (tertiary/aromatic N) is 2. The van der Waals surface area contributed by atoms with Crippen LogP contribution in [0.2, 0.25) is 0 Å². The molecule has 1 heterocycles. The van der Waals surface area contributed by atoms with Crippen molar-refractivity contribution in [2.75, 3.05) is 0 Å². The number of aromatic hydroxyl groups is 1. The van der Waals surface area contributed by atoms with Gasteiger partial charge in [0, 0.05) is 14.1 Å². The highest BCUT2D eigenvalue weighted by Gasteiger charge is 2.20. The number of hydrogen-bond donors (Lipinski definition) is 3. The summed E-state index contributed by atoms with van der Waals surface area (Å²) in [5.74, 6) is -2.00. The molecule has 0 aliphatic carbocycles. The van der Waals surface area contributed by atoms with Crippen LogP contribution in [0.3, 0.4) is 0 Å². The predicted octanol–water partition coefficient (Wildman–Crippen LogP) is -1.37. The lowest BCUT2D eigenvalue weighted by Crippen LogP contribution is -2.40. The van der Waals surface area contributed by atoms with Crippen molar-refractivity contribution in [1.29, 1.82) is 5.41 Å². The molecular weight excluding hydrogens is 230 g/mol. The summed E-state index contributed by atoms with van der Waals surface area (Å²) in [4.78, 5) is 33.5. The Morgan fingerprint density at radius 3 is 2.29 bits per heavy atom. The Morgan fingerprint density at radius 1 is 1.29 bits per heavy atom. The van der Waals surface area contributed by atoms with Crippen LogP contribution in [-0.2, 0) is 18.9 Å². The molecule has 0 unspecified atom stereocenters. The van der Waals surface area contributed by atoms with Gasteiger partial charge in [0.05, 0.1) is 12.1 Å². The third-order valence-electron chi connectivity index (χ3n) is 2.26. The highest BCUT2D eigenvalue weighted by Crippen LogP contribution is 2.10. The van der Waals surface area contributed by atoms with E-state index in [1.807, 2.05) is 0 Å². The summed E-state index contributed by atoms with van der Waals surface area (Å²) in [5.41, 5.74) is -2.67. The van der Waals surface area contributed by atoms with Gasteiger partial charge in [-0.3, -0.25) is 18.7 Å². The fraction of sp³-hybridized carbons (Fsp3) is 0.333. The Bertz CT molecular complexity index is 610. The first-order valence-corrected chi connectivity index (χ1v) is 4.56. The van der Waals surface area contributed by atoms with Gasteiger partial charge in [-0.15, -0.1) is 0 Å². The maximum atomic E-state index is 11.6. The van der Waals surface area contributed by atoms with Gasteiger partial charge in [0.25, 0.3) is 5.56 Å². The molecule has 17 heavy (non-hydrogen) atoms. The molecule has 1 aromatic rings. The van der Waals surface area contributed by atoms with Crippen LogP contribution in [0.25, 0.3) is 0 Å². The van der Waals surface area contributed by atoms with Gasteiger partial charge in [-0.25, -0.2) is 4.79 Å². The minimum Gasteiger partial charge on any atom is -0.494 e. The zero-order valence-electron chi connectivity index (χ0n) is 9.22. The normalized spacial score (nSPS) is 10.2. The lowest BCUT2D eigenvalue weighted by Gasteiger charge is -2.09. The smallest absolute Gasteiger partial charge is 0.333 e. The predicted molar refractivity (Wildman–Crippen MR) is 57.7 cm³/mol. The summed E-state index contributed by atoms with van der Waals surface area (Å²) in [5, 5.41) is 25.5. The molecule has 0 radical (unpaired) electrons.